The lowest BCUT2D eigenvalue weighted by atomic mass is 10.2. The van der Waals surface area contributed by atoms with E-state index in [0.717, 1.165) is 25.4 Å². The van der Waals surface area contributed by atoms with Crippen molar-refractivity contribution in [2.24, 2.45) is 5.92 Å². The molecule has 1 atom stereocenters. The summed E-state index contributed by atoms with van der Waals surface area (Å²) in [4.78, 5) is 0. The summed E-state index contributed by atoms with van der Waals surface area (Å²) in [6, 6.07) is 0. The lowest BCUT2D eigenvalue weighted by Crippen LogP contribution is -2.15. The van der Waals surface area contributed by atoms with Gasteiger partial charge in [0, 0.05) is 26.4 Å². The van der Waals surface area contributed by atoms with Crippen molar-refractivity contribution in [2.75, 3.05) is 25.6 Å². The molecule has 1 unspecified atom stereocenters. The molecule has 0 spiro atoms. The van der Waals surface area contributed by atoms with Gasteiger partial charge in [-0.3, -0.25) is 4.68 Å². The quantitative estimate of drug-likeness (QED) is 0.753. The van der Waals surface area contributed by atoms with Crippen molar-refractivity contribution >= 4 is 5.69 Å². The monoisotopic (exact) mass is 197 g/mol. The van der Waals surface area contributed by atoms with Gasteiger partial charge in [-0.05, 0) is 12.8 Å². The maximum absolute atomic E-state index is 5.06. The van der Waals surface area contributed by atoms with Gasteiger partial charge in [-0.2, -0.15) is 5.10 Å². The highest BCUT2D eigenvalue weighted by atomic mass is 16.5. The molecule has 4 heteroatoms. The van der Waals surface area contributed by atoms with E-state index >= 15 is 0 Å². The smallest absolute Gasteiger partial charge is 0.0726 e. The topological polar surface area (TPSA) is 39.1 Å². The number of nitrogens with one attached hydrogen (secondary N) is 1. The molecule has 0 aromatic carbocycles. The van der Waals surface area contributed by atoms with Crippen molar-refractivity contribution in [3.63, 3.8) is 0 Å². The molecule has 1 aromatic rings. The highest BCUT2D eigenvalue weighted by Crippen LogP contribution is 2.06. The average molecular weight is 197 g/mol. The molecule has 0 radical (unpaired) electrons. The third kappa shape index (κ3) is 3.38. The van der Waals surface area contributed by atoms with E-state index in [9.17, 15) is 0 Å². The zero-order valence-electron chi connectivity index (χ0n) is 9.16. The number of aryl methyl sites for hydroxylation is 1. The minimum absolute atomic E-state index is 0.518. The minimum Gasteiger partial charge on any atom is -0.384 e. The van der Waals surface area contributed by atoms with Gasteiger partial charge < -0.3 is 10.1 Å². The van der Waals surface area contributed by atoms with Crippen molar-refractivity contribution in [3.8, 4) is 0 Å². The summed E-state index contributed by atoms with van der Waals surface area (Å²) in [7, 11) is 1.73. The molecular weight excluding hydrogens is 178 g/mol. The predicted octanol–water partition coefficient (Wildman–Crippen LogP) is 1.60. The van der Waals surface area contributed by atoms with E-state index < -0.39 is 0 Å². The van der Waals surface area contributed by atoms with Crippen LogP contribution in [0, 0.1) is 5.92 Å². The molecule has 1 aromatic heterocycles. The number of hydrogen-bond donors (Lipinski definition) is 1. The first-order valence-corrected chi connectivity index (χ1v) is 5.01. The Kier molecular flexibility index (Phi) is 4.46. The number of aromatic nitrogens is 2. The van der Waals surface area contributed by atoms with Crippen molar-refractivity contribution in [2.45, 2.75) is 20.4 Å². The van der Waals surface area contributed by atoms with Crippen LogP contribution in [0.3, 0.4) is 0 Å². The van der Waals surface area contributed by atoms with Crippen LogP contribution in [-0.2, 0) is 11.3 Å². The molecule has 14 heavy (non-hydrogen) atoms. The van der Waals surface area contributed by atoms with Crippen LogP contribution in [0.5, 0.6) is 0 Å². The minimum atomic E-state index is 0.518. The third-order valence-electron chi connectivity index (χ3n) is 2.06. The van der Waals surface area contributed by atoms with Crippen LogP contribution in [0.4, 0.5) is 5.69 Å². The van der Waals surface area contributed by atoms with E-state index in [0.29, 0.717) is 5.92 Å². The van der Waals surface area contributed by atoms with Gasteiger partial charge in [-0.15, -0.1) is 0 Å². The van der Waals surface area contributed by atoms with E-state index in [4.69, 9.17) is 4.74 Å². The molecule has 1 N–H and O–H groups in total. The maximum Gasteiger partial charge on any atom is 0.0726 e. The van der Waals surface area contributed by atoms with Gasteiger partial charge >= 0.3 is 0 Å². The van der Waals surface area contributed by atoms with Crippen LogP contribution in [-0.4, -0.2) is 30.0 Å². The van der Waals surface area contributed by atoms with Crippen LogP contribution < -0.4 is 5.32 Å². The fraction of sp³-hybridized carbons (Fsp3) is 0.700. The van der Waals surface area contributed by atoms with Gasteiger partial charge in [-0.1, -0.05) is 6.92 Å². The highest BCUT2D eigenvalue weighted by molar-refractivity contribution is 5.37. The van der Waals surface area contributed by atoms with Gasteiger partial charge in [0.2, 0.25) is 0 Å². The first-order chi connectivity index (χ1) is 6.76. The molecule has 0 aliphatic rings. The summed E-state index contributed by atoms with van der Waals surface area (Å²) in [6.45, 7) is 6.85. The maximum atomic E-state index is 5.06. The summed E-state index contributed by atoms with van der Waals surface area (Å²) in [5.41, 5.74) is 1.08. The van der Waals surface area contributed by atoms with Crippen molar-refractivity contribution in [3.05, 3.63) is 12.4 Å². The Labute approximate surface area is 85.3 Å². The molecule has 0 aliphatic heterocycles. The molecule has 80 valence electrons. The second-order valence-corrected chi connectivity index (χ2v) is 3.53. The average Bonchev–Trinajstić information content (AvgIpc) is 2.63. The number of hydrogen-bond acceptors (Lipinski definition) is 3. The molecule has 4 nitrogen and oxygen atoms in total. The van der Waals surface area contributed by atoms with Crippen molar-refractivity contribution < 1.29 is 4.74 Å². The van der Waals surface area contributed by atoms with E-state index in [2.05, 4.69) is 24.3 Å². The fourth-order valence-corrected chi connectivity index (χ4v) is 1.26. The Morgan fingerprint density at radius 2 is 2.43 bits per heavy atom. The first-order valence-electron chi connectivity index (χ1n) is 5.01. The Balaban J connectivity index is 2.30. The van der Waals surface area contributed by atoms with E-state index in [1.807, 2.05) is 17.1 Å². The molecule has 0 aliphatic carbocycles. The Hall–Kier alpha value is -1.03. The highest BCUT2D eigenvalue weighted by Gasteiger charge is 2.01. The molecule has 0 saturated heterocycles. The lowest BCUT2D eigenvalue weighted by Gasteiger charge is -2.10. The molecule has 0 fully saturated rings. The zero-order valence-corrected chi connectivity index (χ0v) is 9.16. The molecule has 0 amide bonds. The van der Waals surface area contributed by atoms with Crippen LogP contribution in [0.1, 0.15) is 13.8 Å². The predicted molar refractivity (Wildman–Crippen MR) is 57.4 cm³/mol. The van der Waals surface area contributed by atoms with Crippen LogP contribution in [0.2, 0.25) is 0 Å². The third-order valence-corrected chi connectivity index (χ3v) is 2.06. The van der Waals surface area contributed by atoms with Gasteiger partial charge in [-0.25, -0.2) is 0 Å². The number of rotatable bonds is 6. The summed E-state index contributed by atoms with van der Waals surface area (Å²) in [5, 5.41) is 7.50. The number of anilines is 1. The number of ether oxygens (including phenoxy) is 1. The second kappa shape index (κ2) is 5.65. The molecule has 1 rings (SSSR count). The molecular formula is C10H19N3O. The first kappa shape index (κ1) is 11.0. The molecule has 1 heterocycles. The summed E-state index contributed by atoms with van der Waals surface area (Å²) in [6.07, 6.45) is 3.86. The zero-order chi connectivity index (χ0) is 10.4. The van der Waals surface area contributed by atoms with Gasteiger partial charge in [0.1, 0.15) is 0 Å². The van der Waals surface area contributed by atoms with Crippen molar-refractivity contribution in [1.82, 2.24) is 9.78 Å². The van der Waals surface area contributed by atoms with Crippen molar-refractivity contribution in [1.29, 1.82) is 0 Å². The summed E-state index contributed by atoms with van der Waals surface area (Å²) < 4.78 is 6.96. The number of methoxy groups -OCH3 is 1. The molecule has 0 saturated carbocycles. The Morgan fingerprint density at radius 3 is 3.00 bits per heavy atom. The van der Waals surface area contributed by atoms with Crippen LogP contribution in [0.25, 0.3) is 0 Å². The normalized spacial score (nSPS) is 12.8. The Morgan fingerprint density at radius 1 is 1.64 bits per heavy atom. The lowest BCUT2D eigenvalue weighted by molar-refractivity contribution is 0.164. The standard InChI is InChI=1S/C10H19N3O/c1-4-13-7-10(6-12-13)11-5-9(2)8-14-3/h6-7,9,11H,4-5,8H2,1-3H3. The van der Waals surface area contributed by atoms with Gasteiger partial charge in [0.15, 0.2) is 0 Å². The van der Waals surface area contributed by atoms with Crippen LogP contribution in [0.15, 0.2) is 12.4 Å². The fourth-order valence-electron chi connectivity index (χ4n) is 1.26. The second-order valence-electron chi connectivity index (χ2n) is 3.53. The van der Waals surface area contributed by atoms with Gasteiger partial charge in [0.25, 0.3) is 0 Å². The van der Waals surface area contributed by atoms with E-state index in [1.165, 1.54) is 0 Å². The van der Waals surface area contributed by atoms with E-state index in [-0.39, 0.29) is 0 Å². The van der Waals surface area contributed by atoms with Crippen LogP contribution >= 0.6 is 0 Å². The number of nitrogens with zero attached hydrogens (tertiary/aromatic N) is 2. The van der Waals surface area contributed by atoms with Gasteiger partial charge in [0.05, 0.1) is 18.5 Å². The Bertz CT molecular complexity index is 260. The van der Waals surface area contributed by atoms with E-state index in [1.54, 1.807) is 7.11 Å². The molecule has 0 bridgehead atoms. The summed E-state index contributed by atoms with van der Waals surface area (Å²) >= 11 is 0. The SMILES string of the molecule is CCn1cc(NCC(C)COC)cn1. The summed E-state index contributed by atoms with van der Waals surface area (Å²) in [5.74, 6) is 0.518. The largest absolute Gasteiger partial charge is 0.384 e.